The average molecular weight is 628 g/mol. The number of benzene rings is 3. The van der Waals surface area contributed by atoms with Crippen LogP contribution in [0.4, 0.5) is 11.4 Å². The summed E-state index contributed by atoms with van der Waals surface area (Å²) in [4.78, 5) is 24.5. The van der Waals surface area contributed by atoms with Crippen molar-refractivity contribution in [3.05, 3.63) is 78.1 Å². The van der Waals surface area contributed by atoms with E-state index in [0.717, 1.165) is 5.56 Å². The maximum atomic E-state index is 13.1. The Hall–Kier alpha value is -4.20. The smallest absolute Gasteiger partial charge is 0.322 e. The van der Waals surface area contributed by atoms with Crippen LogP contribution in [-0.2, 0) is 24.8 Å². The maximum Gasteiger partial charge on any atom is 0.322 e. The quantitative estimate of drug-likeness (QED) is 0.176. The highest BCUT2D eigenvalue weighted by molar-refractivity contribution is 7.93. The molecule has 4 N–H and O–H groups in total. The van der Waals surface area contributed by atoms with Crippen LogP contribution in [0.15, 0.2) is 76.0 Å². The molecule has 0 aliphatic heterocycles. The number of carbonyl (C=O) groups excluding carboxylic acids is 1. The lowest BCUT2D eigenvalue weighted by Gasteiger charge is -2.18. The third-order valence-corrected chi connectivity index (χ3v) is 10.1. The maximum absolute atomic E-state index is 13.1. The normalized spacial score (nSPS) is 12.9. The molecule has 228 valence electrons. The lowest BCUT2D eigenvalue weighted by atomic mass is 10.1. The van der Waals surface area contributed by atoms with Crippen molar-refractivity contribution in [2.45, 2.75) is 50.8 Å². The molecular weight excluding hydrogens is 594 g/mol. The zero-order chi connectivity index (χ0) is 31.7. The summed E-state index contributed by atoms with van der Waals surface area (Å²) in [5.74, 6) is -2.16. The molecule has 0 saturated carbocycles. The Morgan fingerprint density at radius 2 is 1.42 bits per heavy atom. The molecule has 0 fully saturated rings. The lowest BCUT2D eigenvalue weighted by Crippen LogP contribution is -2.44. The van der Waals surface area contributed by atoms with E-state index in [1.807, 2.05) is 0 Å². The molecule has 0 unspecified atom stereocenters. The Morgan fingerprint density at radius 1 is 0.837 bits per heavy atom. The van der Waals surface area contributed by atoms with E-state index in [-0.39, 0.29) is 10.7 Å². The summed E-state index contributed by atoms with van der Waals surface area (Å²) in [6.45, 7) is 8.05. The molecule has 0 bridgehead atoms. The second-order valence-electron chi connectivity index (χ2n) is 10.7. The van der Waals surface area contributed by atoms with E-state index in [2.05, 4.69) is 14.8 Å². The molecular formula is C30H33N3O8S2. The fourth-order valence-corrected chi connectivity index (χ4v) is 6.39. The largest absolute Gasteiger partial charge is 0.480 e. The molecule has 1 aromatic heterocycles. The standard InChI is InChI=1S/C30H33N3O8S2/c1-17(2)27(30(35)36)33-43(39,40)23-15-11-21(12-16-23)20-9-13-22(14-10-20)31-29(34)28-19(5)26-24(7-6-8-25(26)41-28)32-42(37,38)18(3)4/h6-18,27,32-33H,1-5H3,(H,31,34)(H,35,36)/t27-/m0/s1. The third kappa shape index (κ3) is 6.90. The number of hydrogen-bond acceptors (Lipinski definition) is 7. The van der Waals surface area contributed by atoms with Gasteiger partial charge in [-0.2, -0.15) is 4.72 Å². The molecule has 1 amide bonds. The monoisotopic (exact) mass is 627 g/mol. The number of anilines is 2. The van der Waals surface area contributed by atoms with Crippen LogP contribution in [0.5, 0.6) is 0 Å². The fourth-order valence-electron chi connectivity index (χ4n) is 4.34. The van der Waals surface area contributed by atoms with Crippen molar-refractivity contribution in [3.63, 3.8) is 0 Å². The second-order valence-corrected chi connectivity index (χ2v) is 14.6. The number of carbonyl (C=O) groups is 2. The summed E-state index contributed by atoms with van der Waals surface area (Å²) >= 11 is 0. The molecule has 3 aromatic carbocycles. The lowest BCUT2D eigenvalue weighted by molar-refractivity contribution is -0.140. The number of carboxylic acid groups (broad SMARTS) is 1. The summed E-state index contributed by atoms with van der Waals surface area (Å²) in [6.07, 6.45) is 0. The molecule has 1 heterocycles. The van der Waals surface area contributed by atoms with E-state index in [1.54, 1.807) is 89.2 Å². The van der Waals surface area contributed by atoms with Gasteiger partial charge in [0.15, 0.2) is 5.76 Å². The minimum absolute atomic E-state index is 0.0447. The van der Waals surface area contributed by atoms with Crippen LogP contribution in [0.3, 0.4) is 0 Å². The predicted molar refractivity (Wildman–Crippen MR) is 165 cm³/mol. The summed E-state index contributed by atoms with van der Waals surface area (Å²) in [5.41, 5.74) is 3.12. The first-order chi connectivity index (χ1) is 20.1. The minimum atomic E-state index is -4.05. The van der Waals surface area contributed by atoms with Gasteiger partial charge >= 0.3 is 5.97 Å². The number of sulfonamides is 2. The van der Waals surface area contributed by atoms with Gasteiger partial charge in [0.05, 0.1) is 15.8 Å². The fraction of sp³-hybridized carbons (Fsp3) is 0.267. The van der Waals surface area contributed by atoms with Crippen LogP contribution in [-0.4, -0.2) is 45.1 Å². The van der Waals surface area contributed by atoms with Gasteiger partial charge in [-0.3, -0.25) is 14.3 Å². The molecule has 43 heavy (non-hydrogen) atoms. The molecule has 4 aromatic rings. The summed E-state index contributed by atoms with van der Waals surface area (Å²) in [5, 5.41) is 11.9. The predicted octanol–water partition coefficient (Wildman–Crippen LogP) is 5.20. The molecule has 1 atom stereocenters. The van der Waals surface area contributed by atoms with Gasteiger partial charge in [0.1, 0.15) is 11.6 Å². The Bertz CT molecular complexity index is 1880. The number of fused-ring (bicyclic) bond motifs is 1. The van der Waals surface area contributed by atoms with Gasteiger partial charge in [0.2, 0.25) is 20.0 Å². The molecule has 4 rings (SSSR count). The molecule has 11 nitrogen and oxygen atoms in total. The third-order valence-electron chi connectivity index (χ3n) is 6.89. The van der Waals surface area contributed by atoms with E-state index >= 15 is 0 Å². The molecule has 0 aliphatic rings. The first kappa shape index (κ1) is 31.7. The number of amides is 1. The first-order valence-corrected chi connectivity index (χ1v) is 16.4. The highest BCUT2D eigenvalue weighted by Gasteiger charge is 2.28. The highest BCUT2D eigenvalue weighted by Crippen LogP contribution is 2.33. The number of hydrogen-bond donors (Lipinski definition) is 4. The van der Waals surface area contributed by atoms with Crippen molar-refractivity contribution < 1.29 is 35.9 Å². The molecule has 0 aliphatic carbocycles. The van der Waals surface area contributed by atoms with Gasteiger partial charge < -0.3 is 14.8 Å². The van der Waals surface area contributed by atoms with E-state index in [4.69, 9.17) is 4.42 Å². The van der Waals surface area contributed by atoms with Crippen LogP contribution in [0.2, 0.25) is 0 Å². The van der Waals surface area contributed by atoms with E-state index in [0.29, 0.717) is 33.5 Å². The first-order valence-electron chi connectivity index (χ1n) is 13.4. The summed E-state index contributed by atoms with van der Waals surface area (Å²) < 4.78 is 60.9. The highest BCUT2D eigenvalue weighted by atomic mass is 32.2. The van der Waals surface area contributed by atoms with Crippen molar-refractivity contribution in [2.24, 2.45) is 5.92 Å². The number of aryl methyl sites for hydroxylation is 1. The summed E-state index contributed by atoms with van der Waals surface area (Å²) in [7, 11) is -7.66. The van der Waals surface area contributed by atoms with E-state index in [1.165, 1.54) is 12.1 Å². The van der Waals surface area contributed by atoms with Gasteiger partial charge in [-0.25, -0.2) is 16.8 Å². The Morgan fingerprint density at radius 3 is 1.95 bits per heavy atom. The van der Waals surface area contributed by atoms with E-state index < -0.39 is 49.1 Å². The number of carboxylic acids is 1. The summed E-state index contributed by atoms with van der Waals surface area (Å²) in [6, 6.07) is 16.5. The van der Waals surface area contributed by atoms with Crippen LogP contribution >= 0.6 is 0 Å². The zero-order valence-electron chi connectivity index (χ0n) is 24.2. The molecule has 0 radical (unpaired) electrons. The number of furan rings is 1. The topological polar surface area (TPSA) is 172 Å². The Balaban J connectivity index is 1.50. The van der Waals surface area contributed by atoms with Crippen LogP contribution in [0, 0.1) is 12.8 Å². The minimum Gasteiger partial charge on any atom is -0.480 e. The van der Waals surface area contributed by atoms with E-state index in [9.17, 15) is 31.5 Å². The zero-order valence-corrected chi connectivity index (χ0v) is 25.8. The van der Waals surface area contributed by atoms with Crippen molar-refractivity contribution in [2.75, 3.05) is 10.0 Å². The van der Waals surface area contributed by atoms with Gasteiger partial charge in [-0.1, -0.05) is 44.2 Å². The number of rotatable bonds is 11. The van der Waals surface area contributed by atoms with Crippen LogP contribution < -0.4 is 14.8 Å². The van der Waals surface area contributed by atoms with Crippen molar-refractivity contribution in [3.8, 4) is 11.1 Å². The van der Waals surface area contributed by atoms with Crippen molar-refractivity contribution in [1.29, 1.82) is 0 Å². The molecule has 0 saturated heterocycles. The van der Waals surface area contributed by atoms with Gasteiger partial charge in [-0.05, 0) is 74.2 Å². The van der Waals surface area contributed by atoms with Crippen LogP contribution in [0.25, 0.3) is 22.1 Å². The average Bonchev–Trinajstić information content (AvgIpc) is 3.29. The molecule has 0 spiro atoms. The van der Waals surface area contributed by atoms with Gasteiger partial charge in [0, 0.05) is 16.6 Å². The number of nitrogens with one attached hydrogen (secondary N) is 3. The van der Waals surface area contributed by atoms with Crippen molar-refractivity contribution >= 4 is 54.3 Å². The van der Waals surface area contributed by atoms with Crippen molar-refractivity contribution in [1.82, 2.24) is 4.72 Å². The van der Waals surface area contributed by atoms with Gasteiger partial charge in [-0.15, -0.1) is 0 Å². The van der Waals surface area contributed by atoms with Gasteiger partial charge in [0.25, 0.3) is 5.91 Å². The SMILES string of the molecule is Cc1c(C(=O)Nc2ccc(-c3ccc(S(=O)(=O)N[C@H](C(=O)O)C(C)C)cc3)cc2)oc2cccc(NS(=O)(=O)C(C)C)c12. The molecule has 13 heteroatoms. The Labute approximate surface area is 250 Å². The Kier molecular flexibility index (Phi) is 9.00. The second kappa shape index (κ2) is 12.2. The van der Waals surface area contributed by atoms with Crippen LogP contribution in [0.1, 0.15) is 43.8 Å². The number of aliphatic carboxylic acids is 1.